The molecule has 4 N–H and O–H groups in total. The topological polar surface area (TPSA) is 97.2 Å². The second-order valence-corrected chi connectivity index (χ2v) is 4.89. The Balaban J connectivity index is 0.000000325. The van der Waals surface area contributed by atoms with Crippen LogP contribution in [0.15, 0.2) is 6.07 Å². The summed E-state index contributed by atoms with van der Waals surface area (Å²) in [6, 6.07) is 1.27. The van der Waals surface area contributed by atoms with Crippen LogP contribution in [-0.4, -0.2) is 42.5 Å². The van der Waals surface area contributed by atoms with Crippen molar-refractivity contribution in [2.75, 3.05) is 26.3 Å². The van der Waals surface area contributed by atoms with E-state index in [2.05, 4.69) is 0 Å². The van der Waals surface area contributed by atoms with E-state index in [-0.39, 0.29) is 27.4 Å². The molecular weight excluding hydrogens is 289 g/mol. The molecule has 0 saturated carbocycles. The first-order valence-corrected chi connectivity index (χ1v) is 6.29. The summed E-state index contributed by atoms with van der Waals surface area (Å²) in [5.41, 5.74) is 0. The third kappa shape index (κ3) is 7.54. The van der Waals surface area contributed by atoms with Gasteiger partial charge in [-0.3, -0.25) is 0 Å². The average Bonchev–Trinajstić information content (AvgIpc) is 2.61. The zero-order valence-corrected chi connectivity index (χ0v) is 11.2. The zero-order chi connectivity index (χ0) is 13.3. The molecule has 0 radical (unpaired) electrons. The molecule has 1 aromatic heterocycles. The Hall–Kier alpha value is -0.370. The molecule has 5 nitrogen and oxygen atoms in total. The van der Waals surface area contributed by atoms with Crippen LogP contribution in [0.5, 0.6) is 0 Å². The summed E-state index contributed by atoms with van der Waals surface area (Å²) in [5, 5.41) is 28.6. The minimum atomic E-state index is -1.25. The Bertz CT molecular complexity index is 322. The summed E-state index contributed by atoms with van der Waals surface area (Å²) in [6.45, 7) is 1.78. The summed E-state index contributed by atoms with van der Waals surface area (Å²) in [5.74, 6) is -1.25. The average molecular weight is 302 g/mol. The third-order valence-corrected chi connectivity index (χ3v) is 3.36. The second kappa shape index (κ2) is 9.64. The number of carboxylic acid groups (broad SMARTS) is 1. The van der Waals surface area contributed by atoms with E-state index in [1.165, 1.54) is 6.07 Å². The van der Waals surface area contributed by atoms with E-state index < -0.39 is 5.97 Å². The lowest BCUT2D eigenvalue weighted by atomic mass is 10.5. The number of quaternary nitrogens is 1. The van der Waals surface area contributed by atoms with E-state index in [0.717, 1.165) is 11.3 Å². The molecule has 17 heavy (non-hydrogen) atoms. The first kappa shape index (κ1) is 16.6. The van der Waals surface area contributed by atoms with Crippen LogP contribution in [0.3, 0.4) is 0 Å². The number of thiophene rings is 1. The standard InChI is InChI=1S/C5H2Cl2O2S.C4H11NO2/c6-2-1-3(5(8)9)10-4(2)7;6-3-1-5-2-4-7/h1H,(H,8,9);5-7H,1-4H2. The maximum atomic E-state index is 10.1. The molecule has 0 unspecified atom stereocenters. The number of rotatable bonds is 5. The Morgan fingerprint density at radius 2 is 1.88 bits per heavy atom. The van der Waals surface area contributed by atoms with E-state index in [0.29, 0.717) is 13.1 Å². The van der Waals surface area contributed by atoms with Gasteiger partial charge in [0, 0.05) is 0 Å². The van der Waals surface area contributed by atoms with Crippen molar-refractivity contribution in [3.8, 4) is 0 Å². The van der Waals surface area contributed by atoms with E-state index in [1.807, 2.05) is 5.32 Å². The van der Waals surface area contributed by atoms with Crippen LogP contribution in [-0.2, 0) is 0 Å². The highest BCUT2D eigenvalue weighted by atomic mass is 35.5. The first-order valence-electron chi connectivity index (χ1n) is 4.72. The molecule has 0 aliphatic carbocycles. The van der Waals surface area contributed by atoms with Crippen LogP contribution >= 0.6 is 34.5 Å². The zero-order valence-electron chi connectivity index (χ0n) is 8.86. The quantitative estimate of drug-likeness (QED) is 0.605. The monoisotopic (exact) mass is 301 g/mol. The van der Waals surface area contributed by atoms with Crippen LogP contribution in [0, 0.1) is 0 Å². The number of hydrogen-bond acceptors (Lipinski definition) is 5. The molecule has 0 saturated heterocycles. The molecule has 1 aromatic rings. The van der Waals surface area contributed by atoms with Gasteiger partial charge in [0.1, 0.15) is 4.34 Å². The van der Waals surface area contributed by atoms with Gasteiger partial charge in [-0.1, -0.05) is 23.2 Å². The molecule has 0 bridgehead atoms. The van der Waals surface area contributed by atoms with Gasteiger partial charge in [0.25, 0.3) is 0 Å². The number of carbonyl (C=O) groups excluding carboxylic acids is 1. The first-order chi connectivity index (χ1) is 8.02. The number of carbonyl (C=O) groups is 1. The highest BCUT2D eigenvalue weighted by molar-refractivity contribution is 7.18. The number of carboxylic acids is 1. The normalized spacial score (nSPS) is 9.65. The molecule has 98 valence electrons. The van der Waals surface area contributed by atoms with Crippen molar-refractivity contribution in [3.63, 3.8) is 0 Å². The summed E-state index contributed by atoms with van der Waals surface area (Å²) in [6.07, 6.45) is 0. The Morgan fingerprint density at radius 3 is 2.12 bits per heavy atom. The number of aliphatic hydroxyl groups excluding tert-OH is 2. The molecule has 1 heterocycles. The Labute approximate surface area is 113 Å². The smallest absolute Gasteiger partial charge is 0.112 e. The fourth-order valence-electron chi connectivity index (χ4n) is 0.774. The third-order valence-electron chi connectivity index (χ3n) is 1.51. The Morgan fingerprint density at radius 1 is 1.35 bits per heavy atom. The Kier molecular flexibility index (Phi) is 9.43. The minimum Gasteiger partial charge on any atom is -0.544 e. The number of nitrogens with two attached hydrogens (primary N) is 1. The molecule has 8 heteroatoms. The fraction of sp³-hybridized carbons (Fsp3) is 0.444. The molecular formula is C9H13Cl2NO4S. The van der Waals surface area contributed by atoms with Gasteiger partial charge in [0.05, 0.1) is 42.2 Å². The number of aliphatic hydroxyl groups is 2. The van der Waals surface area contributed by atoms with E-state index in [1.54, 1.807) is 0 Å². The predicted octanol–water partition coefficient (Wildman–Crippen LogP) is -1.05. The number of halogens is 2. The van der Waals surface area contributed by atoms with Gasteiger partial charge >= 0.3 is 0 Å². The highest BCUT2D eigenvalue weighted by Crippen LogP contribution is 2.30. The largest absolute Gasteiger partial charge is 0.544 e. The van der Waals surface area contributed by atoms with Crippen molar-refractivity contribution in [2.45, 2.75) is 0 Å². The summed E-state index contributed by atoms with van der Waals surface area (Å²) in [4.78, 5) is 10.2. The molecule has 0 aliphatic heterocycles. The lowest BCUT2D eigenvalue weighted by Crippen LogP contribution is -2.85. The molecule has 0 aliphatic rings. The van der Waals surface area contributed by atoms with Crippen LogP contribution < -0.4 is 10.4 Å². The number of aromatic carboxylic acids is 1. The van der Waals surface area contributed by atoms with E-state index >= 15 is 0 Å². The number of hydrogen-bond donors (Lipinski definition) is 3. The maximum absolute atomic E-state index is 10.1. The highest BCUT2D eigenvalue weighted by Gasteiger charge is 2.04. The van der Waals surface area contributed by atoms with Crippen molar-refractivity contribution in [1.82, 2.24) is 0 Å². The molecule has 0 fully saturated rings. The van der Waals surface area contributed by atoms with E-state index in [4.69, 9.17) is 33.4 Å². The van der Waals surface area contributed by atoms with Crippen molar-refractivity contribution in [1.29, 1.82) is 0 Å². The van der Waals surface area contributed by atoms with Crippen molar-refractivity contribution < 1.29 is 25.4 Å². The van der Waals surface area contributed by atoms with Crippen LogP contribution in [0.1, 0.15) is 9.67 Å². The van der Waals surface area contributed by atoms with Crippen LogP contribution in [0.4, 0.5) is 0 Å². The van der Waals surface area contributed by atoms with Gasteiger partial charge < -0.3 is 25.4 Å². The van der Waals surface area contributed by atoms with Gasteiger partial charge in [-0.15, -0.1) is 11.3 Å². The van der Waals surface area contributed by atoms with Gasteiger partial charge in [-0.2, -0.15) is 0 Å². The summed E-state index contributed by atoms with van der Waals surface area (Å²) >= 11 is 11.8. The summed E-state index contributed by atoms with van der Waals surface area (Å²) < 4.78 is 0.279. The van der Waals surface area contributed by atoms with Crippen LogP contribution in [0.25, 0.3) is 0 Å². The molecule has 0 atom stereocenters. The lowest BCUT2D eigenvalue weighted by Gasteiger charge is -1.91. The molecule has 0 aromatic carbocycles. The summed E-state index contributed by atoms with van der Waals surface area (Å²) in [7, 11) is 0. The van der Waals surface area contributed by atoms with Gasteiger partial charge in [0.2, 0.25) is 0 Å². The molecule has 0 amide bonds. The van der Waals surface area contributed by atoms with Gasteiger partial charge in [0.15, 0.2) is 0 Å². The predicted molar refractivity (Wildman–Crippen MR) is 64.5 cm³/mol. The van der Waals surface area contributed by atoms with Gasteiger partial charge in [-0.05, 0) is 6.07 Å². The van der Waals surface area contributed by atoms with Crippen molar-refractivity contribution in [2.24, 2.45) is 0 Å². The van der Waals surface area contributed by atoms with Crippen LogP contribution in [0.2, 0.25) is 9.36 Å². The lowest BCUT2D eigenvalue weighted by molar-refractivity contribution is -0.657. The molecule has 1 rings (SSSR count). The van der Waals surface area contributed by atoms with E-state index in [9.17, 15) is 9.90 Å². The van der Waals surface area contributed by atoms with Crippen molar-refractivity contribution in [3.05, 3.63) is 20.3 Å². The fourth-order valence-corrected chi connectivity index (χ4v) is 1.98. The maximum Gasteiger partial charge on any atom is 0.112 e. The SMILES string of the molecule is O=C([O-])c1cc(Cl)c(Cl)s1.OCC[NH2+]CCO. The second-order valence-electron chi connectivity index (χ2n) is 2.83. The van der Waals surface area contributed by atoms with Gasteiger partial charge in [-0.25, -0.2) is 0 Å². The minimum absolute atomic E-state index is 0.0509. The van der Waals surface area contributed by atoms with Crippen molar-refractivity contribution >= 4 is 40.5 Å². The molecule has 0 spiro atoms.